The van der Waals surface area contributed by atoms with E-state index in [0.29, 0.717) is 5.92 Å². The van der Waals surface area contributed by atoms with Crippen LogP contribution in [0.4, 0.5) is 0 Å². The van der Waals surface area contributed by atoms with Gasteiger partial charge in [0.1, 0.15) is 0 Å². The zero-order valence-electron chi connectivity index (χ0n) is 13.9. The van der Waals surface area contributed by atoms with E-state index in [2.05, 4.69) is 38.1 Å². The van der Waals surface area contributed by atoms with E-state index in [9.17, 15) is 5.21 Å². The predicted octanol–water partition coefficient (Wildman–Crippen LogP) is 5.00. The van der Waals surface area contributed by atoms with Crippen LogP contribution in [0.25, 0.3) is 0 Å². The number of hydrogen-bond donors (Lipinski definition) is 0. The van der Waals surface area contributed by atoms with E-state index >= 15 is 0 Å². The fraction of sp³-hybridized carbons (Fsp3) is 0.700. The molecule has 0 aromatic heterocycles. The molecule has 1 atom stereocenters. The summed E-state index contributed by atoms with van der Waals surface area (Å²) in [5, 5.41) is 15.1. The summed E-state index contributed by atoms with van der Waals surface area (Å²) in [6, 6.07) is 10.5. The van der Waals surface area contributed by atoms with Crippen LogP contribution in [0.1, 0.15) is 64.0 Å². The van der Waals surface area contributed by atoms with Crippen molar-refractivity contribution >= 4 is 0 Å². The van der Waals surface area contributed by atoms with Gasteiger partial charge in [0, 0.05) is 0 Å². The van der Waals surface area contributed by atoms with Gasteiger partial charge in [-0.1, -0.05) is 44.2 Å². The molecule has 4 aliphatic rings. The third-order valence-corrected chi connectivity index (χ3v) is 6.50. The highest BCUT2D eigenvalue weighted by Gasteiger charge is 2.55. The van der Waals surface area contributed by atoms with E-state index in [1.165, 1.54) is 24.8 Å². The summed E-state index contributed by atoms with van der Waals surface area (Å²) < 4.78 is 0. The molecule has 0 aliphatic heterocycles. The maximum atomic E-state index is 13.6. The first-order chi connectivity index (χ1) is 10.6. The van der Waals surface area contributed by atoms with Crippen molar-refractivity contribution in [1.29, 1.82) is 0 Å². The van der Waals surface area contributed by atoms with Crippen LogP contribution >= 0.6 is 0 Å². The number of nitrogens with zero attached hydrogens (tertiary/aromatic N) is 1. The Balaban J connectivity index is 1.66. The highest BCUT2D eigenvalue weighted by molar-refractivity contribution is 5.20. The zero-order valence-corrected chi connectivity index (χ0v) is 13.9. The first-order valence-electron chi connectivity index (χ1n) is 9.09. The van der Waals surface area contributed by atoms with Crippen molar-refractivity contribution in [1.82, 2.24) is 5.06 Å². The van der Waals surface area contributed by atoms with Crippen LogP contribution in [0.5, 0.6) is 0 Å². The van der Waals surface area contributed by atoms with Crippen LogP contribution in [0, 0.1) is 23.7 Å². The molecule has 0 N–H and O–H groups in total. The summed E-state index contributed by atoms with van der Waals surface area (Å²) in [7, 11) is 0. The monoisotopic (exact) mass is 298 g/mol. The van der Waals surface area contributed by atoms with Crippen LogP contribution in [-0.4, -0.2) is 10.6 Å². The van der Waals surface area contributed by atoms with Gasteiger partial charge in [-0.05, 0) is 67.8 Å². The SMILES string of the molecule is CC(C)C(c1ccccc1)N([O])C12CC3CC(CC(C3)C1)C2. The summed E-state index contributed by atoms with van der Waals surface area (Å²) in [6.45, 7) is 4.39. The molecule has 2 nitrogen and oxygen atoms in total. The summed E-state index contributed by atoms with van der Waals surface area (Å²) in [5.74, 6) is 2.83. The minimum atomic E-state index is -0.0560. The molecule has 5 rings (SSSR count). The van der Waals surface area contributed by atoms with Gasteiger partial charge in [-0.2, -0.15) is 0 Å². The average Bonchev–Trinajstić information content (AvgIpc) is 2.46. The molecule has 0 saturated heterocycles. The standard InChI is InChI=1S/C20H28NO/c1-14(2)19(18-6-4-3-5-7-18)21(22)20-11-15-8-16(12-20)10-17(9-15)13-20/h3-7,14-17,19H,8-13H2,1-2H3. The first-order valence-corrected chi connectivity index (χ1v) is 9.09. The highest BCUT2D eigenvalue weighted by atomic mass is 16.5. The molecule has 119 valence electrons. The fourth-order valence-corrected chi connectivity index (χ4v) is 6.07. The molecular formula is C20H28NO. The number of hydroxylamine groups is 2. The summed E-state index contributed by atoms with van der Waals surface area (Å²) in [6.07, 6.45) is 7.63. The number of rotatable bonds is 4. The van der Waals surface area contributed by atoms with Crippen molar-refractivity contribution in [2.24, 2.45) is 23.7 Å². The van der Waals surface area contributed by atoms with Gasteiger partial charge in [-0.15, -0.1) is 10.3 Å². The number of hydrogen-bond acceptors (Lipinski definition) is 1. The lowest BCUT2D eigenvalue weighted by molar-refractivity contribution is -0.297. The molecule has 4 fully saturated rings. The maximum Gasteiger partial charge on any atom is 0.0662 e. The Morgan fingerprint density at radius 3 is 1.91 bits per heavy atom. The van der Waals surface area contributed by atoms with Crippen molar-refractivity contribution in [2.45, 2.75) is 64.0 Å². The van der Waals surface area contributed by atoms with Gasteiger partial charge in [-0.3, -0.25) is 0 Å². The summed E-state index contributed by atoms with van der Waals surface area (Å²) in [5.41, 5.74) is 1.14. The second-order valence-corrected chi connectivity index (χ2v) is 8.57. The maximum absolute atomic E-state index is 13.6. The minimum absolute atomic E-state index is 0.0115. The van der Waals surface area contributed by atoms with Gasteiger partial charge in [0.2, 0.25) is 0 Å². The molecule has 22 heavy (non-hydrogen) atoms. The lowest BCUT2D eigenvalue weighted by atomic mass is 9.52. The molecule has 1 radical (unpaired) electrons. The summed E-state index contributed by atoms with van der Waals surface area (Å²) in [4.78, 5) is 0. The smallest absolute Gasteiger partial charge is 0.0662 e. The van der Waals surface area contributed by atoms with Crippen LogP contribution in [0.3, 0.4) is 0 Å². The Kier molecular flexibility index (Phi) is 3.58. The van der Waals surface area contributed by atoms with E-state index in [-0.39, 0.29) is 11.6 Å². The topological polar surface area (TPSA) is 23.1 Å². The van der Waals surface area contributed by atoms with Crippen LogP contribution in [-0.2, 0) is 5.21 Å². The van der Waals surface area contributed by atoms with Gasteiger partial charge in [0.05, 0.1) is 11.6 Å². The van der Waals surface area contributed by atoms with Crippen LogP contribution in [0.2, 0.25) is 0 Å². The Labute approximate surface area is 134 Å². The van der Waals surface area contributed by atoms with Gasteiger partial charge < -0.3 is 0 Å². The van der Waals surface area contributed by atoms with Crippen molar-refractivity contribution in [2.75, 3.05) is 0 Å². The molecule has 1 unspecified atom stereocenters. The zero-order chi connectivity index (χ0) is 15.3. The van der Waals surface area contributed by atoms with Gasteiger partial charge in [0.15, 0.2) is 0 Å². The second-order valence-electron chi connectivity index (χ2n) is 8.57. The van der Waals surface area contributed by atoms with Gasteiger partial charge in [-0.25, -0.2) is 0 Å². The fourth-order valence-electron chi connectivity index (χ4n) is 6.07. The minimum Gasteiger partial charge on any atom is -0.141 e. The quantitative estimate of drug-likeness (QED) is 0.717. The third kappa shape index (κ3) is 2.32. The summed E-state index contributed by atoms with van der Waals surface area (Å²) >= 11 is 0. The van der Waals surface area contributed by atoms with Gasteiger partial charge in [0.25, 0.3) is 0 Å². The largest absolute Gasteiger partial charge is 0.141 e. The predicted molar refractivity (Wildman–Crippen MR) is 87.4 cm³/mol. The lowest BCUT2D eigenvalue weighted by Crippen LogP contribution is -2.59. The van der Waals surface area contributed by atoms with E-state index in [1.807, 2.05) is 6.07 Å². The van der Waals surface area contributed by atoms with Gasteiger partial charge >= 0.3 is 0 Å². The Bertz CT molecular complexity index is 488. The molecule has 0 heterocycles. The molecule has 4 bridgehead atoms. The Hall–Kier alpha value is -0.860. The van der Waals surface area contributed by atoms with Crippen LogP contribution in [0.15, 0.2) is 30.3 Å². The molecule has 2 heteroatoms. The van der Waals surface area contributed by atoms with E-state index in [4.69, 9.17) is 0 Å². The lowest BCUT2D eigenvalue weighted by Gasteiger charge is -2.59. The first kappa shape index (κ1) is 14.7. The van der Waals surface area contributed by atoms with E-state index < -0.39 is 0 Å². The second kappa shape index (κ2) is 5.35. The molecule has 0 amide bonds. The highest BCUT2D eigenvalue weighted by Crippen LogP contribution is 2.59. The average molecular weight is 298 g/mol. The molecule has 4 saturated carbocycles. The number of benzene rings is 1. The molecule has 0 spiro atoms. The molecule has 4 aliphatic carbocycles. The van der Waals surface area contributed by atoms with Crippen molar-refractivity contribution in [3.05, 3.63) is 35.9 Å². The van der Waals surface area contributed by atoms with E-state index in [1.54, 1.807) is 5.06 Å². The molecule has 1 aromatic carbocycles. The Morgan fingerprint density at radius 1 is 0.955 bits per heavy atom. The Morgan fingerprint density at radius 2 is 1.45 bits per heavy atom. The van der Waals surface area contributed by atoms with Crippen molar-refractivity contribution < 1.29 is 5.21 Å². The molecular weight excluding hydrogens is 270 g/mol. The molecule has 1 aromatic rings. The van der Waals surface area contributed by atoms with Crippen molar-refractivity contribution in [3.8, 4) is 0 Å². The normalized spacial score (nSPS) is 38.0. The van der Waals surface area contributed by atoms with E-state index in [0.717, 1.165) is 37.0 Å². The third-order valence-electron chi connectivity index (χ3n) is 6.50. The van der Waals surface area contributed by atoms with Crippen molar-refractivity contribution in [3.63, 3.8) is 0 Å². The van der Waals surface area contributed by atoms with Crippen LogP contribution < -0.4 is 0 Å².